The lowest BCUT2D eigenvalue weighted by Crippen LogP contribution is -2.03. The van der Waals surface area contributed by atoms with Gasteiger partial charge in [-0.15, -0.1) is 22.7 Å². The van der Waals surface area contributed by atoms with Gasteiger partial charge in [0.15, 0.2) is 5.13 Å². The molecule has 1 aromatic carbocycles. The maximum absolute atomic E-state index is 5.25. The molecule has 0 bridgehead atoms. The molecule has 3 aromatic rings. The van der Waals surface area contributed by atoms with Crippen LogP contribution in [0.2, 0.25) is 0 Å². The fraction of sp³-hybridized carbons (Fsp3) is 0.188. The minimum atomic E-state index is 0.854. The van der Waals surface area contributed by atoms with Crippen molar-refractivity contribution < 1.29 is 4.74 Å². The molecule has 108 valence electrons. The molecule has 0 radical (unpaired) electrons. The number of benzene rings is 1. The summed E-state index contributed by atoms with van der Waals surface area (Å²) in [5.41, 5.74) is 2.06. The zero-order valence-corrected chi connectivity index (χ0v) is 13.3. The average molecular weight is 316 g/mol. The number of rotatable bonds is 6. The summed E-state index contributed by atoms with van der Waals surface area (Å²) in [5, 5.41) is 8.53. The molecule has 0 aliphatic carbocycles. The van der Waals surface area contributed by atoms with Crippen LogP contribution in [0, 0.1) is 0 Å². The van der Waals surface area contributed by atoms with Crippen molar-refractivity contribution in [2.75, 3.05) is 19.0 Å². The topological polar surface area (TPSA) is 34.1 Å². The molecule has 0 saturated heterocycles. The van der Waals surface area contributed by atoms with Crippen molar-refractivity contribution in [1.82, 2.24) is 4.98 Å². The van der Waals surface area contributed by atoms with E-state index in [0.29, 0.717) is 0 Å². The Hall–Kier alpha value is -1.85. The van der Waals surface area contributed by atoms with Crippen LogP contribution in [0.25, 0.3) is 11.3 Å². The van der Waals surface area contributed by atoms with E-state index in [0.717, 1.165) is 35.1 Å². The van der Waals surface area contributed by atoms with Crippen LogP contribution in [0.15, 0.2) is 47.2 Å². The number of nitrogens with zero attached hydrogens (tertiary/aromatic N) is 1. The number of hydrogen-bond acceptors (Lipinski definition) is 5. The van der Waals surface area contributed by atoms with Gasteiger partial charge >= 0.3 is 0 Å². The van der Waals surface area contributed by atoms with Crippen molar-refractivity contribution in [3.63, 3.8) is 0 Å². The number of methoxy groups -OCH3 is 1. The molecule has 0 aliphatic heterocycles. The lowest BCUT2D eigenvalue weighted by molar-refractivity contribution is 0.415. The highest BCUT2D eigenvalue weighted by atomic mass is 32.1. The Kier molecular flexibility index (Phi) is 4.52. The fourth-order valence-corrected chi connectivity index (χ4v) is 3.47. The van der Waals surface area contributed by atoms with E-state index in [2.05, 4.69) is 33.2 Å². The minimum Gasteiger partial charge on any atom is -0.497 e. The number of nitrogens with one attached hydrogen (secondary N) is 1. The fourth-order valence-electron chi connectivity index (χ4n) is 2.02. The van der Waals surface area contributed by atoms with Gasteiger partial charge in [-0.2, -0.15) is 0 Å². The lowest BCUT2D eigenvalue weighted by atomic mass is 10.2. The number of aromatic nitrogens is 1. The second kappa shape index (κ2) is 6.74. The monoisotopic (exact) mass is 316 g/mol. The molecule has 5 heteroatoms. The van der Waals surface area contributed by atoms with E-state index < -0.39 is 0 Å². The standard InChI is InChI=1S/C16H16N2OS2/c1-19-13-5-2-4-12(10-13)15-11-21-16(18-15)17-8-7-14-6-3-9-20-14/h2-6,9-11H,7-8H2,1H3,(H,17,18). The van der Waals surface area contributed by atoms with E-state index in [-0.39, 0.29) is 0 Å². The highest BCUT2D eigenvalue weighted by molar-refractivity contribution is 7.14. The lowest BCUT2D eigenvalue weighted by Gasteiger charge is -2.02. The summed E-state index contributed by atoms with van der Waals surface area (Å²) in [6.45, 7) is 0.908. The van der Waals surface area contributed by atoms with Gasteiger partial charge in [-0.1, -0.05) is 18.2 Å². The highest BCUT2D eigenvalue weighted by Crippen LogP contribution is 2.27. The third-order valence-electron chi connectivity index (χ3n) is 3.10. The summed E-state index contributed by atoms with van der Waals surface area (Å²) in [5.74, 6) is 0.854. The second-order valence-electron chi connectivity index (χ2n) is 4.53. The quantitative estimate of drug-likeness (QED) is 0.725. The number of anilines is 1. The first-order chi connectivity index (χ1) is 10.3. The first-order valence-electron chi connectivity index (χ1n) is 6.71. The molecule has 2 aromatic heterocycles. The van der Waals surface area contributed by atoms with Crippen LogP contribution < -0.4 is 10.1 Å². The molecule has 0 aliphatic rings. The Morgan fingerprint density at radius 3 is 2.95 bits per heavy atom. The summed E-state index contributed by atoms with van der Waals surface area (Å²) in [7, 11) is 1.68. The molecular formula is C16H16N2OS2. The van der Waals surface area contributed by atoms with Crippen LogP contribution in [-0.2, 0) is 6.42 Å². The summed E-state index contributed by atoms with van der Waals surface area (Å²) in [6, 6.07) is 12.2. The van der Waals surface area contributed by atoms with Crippen LogP contribution in [0.5, 0.6) is 5.75 Å². The molecule has 1 N–H and O–H groups in total. The summed E-state index contributed by atoms with van der Waals surface area (Å²) < 4.78 is 5.25. The van der Waals surface area contributed by atoms with Gasteiger partial charge in [0.05, 0.1) is 12.8 Å². The van der Waals surface area contributed by atoms with Crippen molar-refractivity contribution in [1.29, 1.82) is 0 Å². The molecule has 3 nitrogen and oxygen atoms in total. The third-order valence-corrected chi connectivity index (χ3v) is 4.83. The Labute approximate surface area is 132 Å². The molecular weight excluding hydrogens is 300 g/mol. The Morgan fingerprint density at radius 2 is 2.14 bits per heavy atom. The van der Waals surface area contributed by atoms with Crippen LogP contribution >= 0.6 is 22.7 Å². The van der Waals surface area contributed by atoms with E-state index in [4.69, 9.17) is 4.74 Å². The molecule has 0 fully saturated rings. The molecule has 21 heavy (non-hydrogen) atoms. The zero-order valence-electron chi connectivity index (χ0n) is 11.7. The van der Waals surface area contributed by atoms with Crippen LogP contribution in [0.1, 0.15) is 4.88 Å². The van der Waals surface area contributed by atoms with Crippen LogP contribution in [0.3, 0.4) is 0 Å². The normalized spacial score (nSPS) is 10.5. The van der Waals surface area contributed by atoms with E-state index in [1.54, 1.807) is 29.8 Å². The summed E-state index contributed by atoms with van der Waals surface area (Å²) in [4.78, 5) is 6.03. The SMILES string of the molecule is COc1cccc(-c2csc(NCCc3cccs3)n2)c1. The number of ether oxygens (including phenoxy) is 1. The Balaban J connectivity index is 1.62. The molecule has 0 saturated carbocycles. The van der Waals surface area contributed by atoms with E-state index in [1.807, 2.05) is 24.3 Å². The van der Waals surface area contributed by atoms with E-state index in [9.17, 15) is 0 Å². The van der Waals surface area contributed by atoms with Crippen molar-refractivity contribution in [3.05, 3.63) is 52.0 Å². The van der Waals surface area contributed by atoms with E-state index in [1.165, 1.54) is 4.88 Å². The first-order valence-corrected chi connectivity index (χ1v) is 8.47. The van der Waals surface area contributed by atoms with E-state index >= 15 is 0 Å². The smallest absolute Gasteiger partial charge is 0.183 e. The van der Waals surface area contributed by atoms with Crippen molar-refractivity contribution in [2.45, 2.75) is 6.42 Å². The Bertz CT molecular complexity index is 692. The van der Waals surface area contributed by atoms with Gasteiger partial charge in [0.1, 0.15) is 5.75 Å². The van der Waals surface area contributed by atoms with Crippen molar-refractivity contribution in [2.24, 2.45) is 0 Å². The highest BCUT2D eigenvalue weighted by Gasteiger charge is 2.05. The Morgan fingerprint density at radius 1 is 1.19 bits per heavy atom. The predicted molar refractivity (Wildman–Crippen MR) is 90.6 cm³/mol. The number of hydrogen-bond donors (Lipinski definition) is 1. The van der Waals surface area contributed by atoms with Crippen molar-refractivity contribution in [3.8, 4) is 17.0 Å². The molecule has 3 rings (SSSR count). The minimum absolute atomic E-state index is 0.854. The summed E-state index contributed by atoms with van der Waals surface area (Å²) >= 11 is 3.43. The molecule has 0 spiro atoms. The maximum atomic E-state index is 5.25. The predicted octanol–water partition coefficient (Wildman–Crippen LogP) is 4.53. The second-order valence-corrected chi connectivity index (χ2v) is 6.42. The molecule has 0 unspecified atom stereocenters. The number of thiazole rings is 1. The van der Waals surface area contributed by atoms with Gasteiger partial charge in [0.25, 0.3) is 0 Å². The van der Waals surface area contributed by atoms with Crippen molar-refractivity contribution >= 4 is 27.8 Å². The first kappa shape index (κ1) is 14.1. The van der Waals surface area contributed by atoms with Gasteiger partial charge in [-0.05, 0) is 30.0 Å². The van der Waals surface area contributed by atoms with Crippen LogP contribution in [-0.4, -0.2) is 18.6 Å². The van der Waals surface area contributed by atoms with Gasteiger partial charge in [0, 0.05) is 22.4 Å². The molecule has 0 amide bonds. The van der Waals surface area contributed by atoms with Gasteiger partial charge < -0.3 is 10.1 Å². The summed E-state index contributed by atoms with van der Waals surface area (Å²) in [6.07, 6.45) is 1.03. The van der Waals surface area contributed by atoms with Gasteiger partial charge in [-0.25, -0.2) is 4.98 Å². The average Bonchev–Trinajstić information content (AvgIpc) is 3.19. The number of thiophene rings is 1. The largest absolute Gasteiger partial charge is 0.497 e. The van der Waals surface area contributed by atoms with Crippen LogP contribution in [0.4, 0.5) is 5.13 Å². The molecule has 0 atom stereocenters. The zero-order chi connectivity index (χ0) is 14.5. The van der Waals surface area contributed by atoms with Gasteiger partial charge in [0.2, 0.25) is 0 Å². The van der Waals surface area contributed by atoms with Gasteiger partial charge in [-0.3, -0.25) is 0 Å². The molecule has 2 heterocycles. The maximum Gasteiger partial charge on any atom is 0.183 e. The third kappa shape index (κ3) is 3.62.